The van der Waals surface area contributed by atoms with Crippen molar-refractivity contribution in [1.29, 1.82) is 0 Å². The maximum absolute atomic E-state index is 12.8. The third-order valence-corrected chi connectivity index (χ3v) is 2.55. The van der Waals surface area contributed by atoms with Gasteiger partial charge in [0.2, 0.25) is 5.95 Å². The van der Waals surface area contributed by atoms with Gasteiger partial charge >= 0.3 is 0 Å². The van der Waals surface area contributed by atoms with Crippen molar-refractivity contribution in [1.82, 2.24) is 9.97 Å². The van der Waals surface area contributed by atoms with Gasteiger partial charge in [-0.3, -0.25) is 10.1 Å². The molecule has 1 aromatic heterocycles. The second kappa shape index (κ2) is 5.29. The van der Waals surface area contributed by atoms with Crippen LogP contribution in [0.25, 0.3) is 0 Å². The summed E-state index contributed by atoms with van der Waals surface area (Å²) in [4.78, 5) is 19.4. The van der Waals surface area contributed by atoms with Crippen molar-refractivity contribution in [2.45, 2.75) is 0 Å². The van der Waals surface area contributed by atoms with Gasteiger partial charge in [0.15, 0.2) is 0 Å². The molecule has 0 spiro atoms. The molecule has 92 valence electrons. The highest BCUT2D eigenvalue weighted by Gasteiger charge is 2.12. The second-order valence-corrected chi connectivity index (χ2v) is 4.08. The Morgan fingerprint density at radius 3 is 2.72 bits per heavy atom. The van der Waals surface area contributed by atoms with E-state index in [4.69, 9.17) is 23.2 Å². The lowest BCUT2D eigenvalue weighted by atomic mass is 10.2. The van der Waals surface area contributed by atoms with Crippen LogP contribution in [0.3, 0.4) is 0 Å². The summed E-state index contributed by atoms with van der Waals surface area (Å²) in [6, 6.07) is 4.94. The zero-order valence-electron chi connectivity index (χ0n) is 8.82. The molecule has 0 atom stereocenters. The Hall–Kier alpha value is -1.72. The van der Waals surface area contributed by atoms with Crippen molar-refractivity contribution in [2.24, 2.45) is 0 Å². The van der Waals surface area contributed by atoms with Crippen molar-refractivity contribution in [3.05, 3.63) is 52.0 Å². The average molecular weight is 286 g/mol. The van der Waals surface area contributed by atoms with Crippen molar-refractivity contribution >= 4 is 35.1 Å². The molecule has 0 aliphatic carbocycles. The highest BCUT2D eigenvalue weighted by atomic mass is 35.5. The first-order chi connectivity index (χ1) is 8.56. The standard InChI is InChI=1S/C11H6Cl2FN3O/c12-8-5-6(14)1-2-7(8)10(18)17-11-15-4-3-9(13)16-11/h1-5H,(H,15,16,17,18). The van der Waals surface area contributed by atoms with E-state index in [1.165, 1.54) is 18.3 Å². The second-order valence-electron chi connectivity index (χ2n) is 3.28. The van der Waals surface area contributed by atoms with Crippen LogP contribution in [0, 0.1) is 5.82 Å². The Balaban J connectivity index is 2.22. The molecule has 1 N–H and O–H groups in total. The molecule has 0 radical (unpaired) electrons. The third-order valence-electron chi connectivity index (χ3n) is 2.02. The molecule has 1 heterocycles. The van der Waals surface area contributed by atoms with E-state index in [-0.39, 0.29) is 21.7 Å². The van der Waals surface area contributed by atoms with E-state index < -0.39 is 11.7 Å². The molecular weight excluding hydrogens is 280 g/mol. The van der Waals surface area contributed by atoms with Crippen LogP contribution in [0.2, 0.25) is 10.2 Å². The first-order valence-corrected chi connectivity index (χ1v) is 5.57. The van der Waals surface area contributed by atoms with Crippen LogP contribution in [0.4, 0.5) is 10.3 Å². The molecule has 0 fully saturated rings. The largest absolute Gasteiger partial charge is 0.290 e. The lowest BCUT2D eigenvalue weighted by Gasteiger charge is -2.05. The Bertz CT molecular complexity index is 607. The summed E-state index contributed by atoms with van der Waals surface area (Å²) in [5.41, 5.74) is 0.127. The molecule has 1 amide bonds. The summed E-state index contributed by atoms with van der Waals surface area (Å²) in [6.07, 6.45) is 1.40. The summed E-state index contributed by atoms with van der Waals surface area (Å²) in [6.45, 7) is 0. The Morgan fingerprint density at radius 1 is 1.28 bits per heavy atom. The molecule has 1 aromatic carbocycles. The predicted octanol–water partition coefficient (Wildman–Crippen LogP) is 3.17. The van der Waals surface area contributed by atoms with Crippen LogP contribution < -0.4 is 5.32 Å². The molecule has 4 nitrogen and oxygen atoms in total. The van der Waals surface area contributed by atoms with Crippen molar-refractivity contribution < 1.29 is 9.18 Å². The fourth-order valence-electron chi connectivity index (χ4n) is 1.24. The number of nitrogens with one attached hydrogen (secondary N) is 1. The number of hydrogen-bond donors (Lipinski definition) is 1. The molecule has 0 unspecified atom stereocenters. The van der Waals surface area contributed by atoms with Crippen LogP contribution in [-0.2, 0) is 0 Å². The molecule has 0 saturated heterocycles. The van der Waals surface area contributed by atoms with Crippen molar-refractivity contribution in [3.63, 3.8) is 0 Å². The summed E-state index contributed by atoms with van der Waals surface area (Å²) >= 11 is 11.4. The van der Waals surface area contributed by atoms with Gasteiger partial charge in [0.1, 0.15) is 11.0 Å². The monoisotopic (exact) mass is 285 g/mol. The van der Waals surface area contributed by atoms with E-state index in [0.29, 0.717) is 0 Å². The van der Waals surface area contributed by atoms with Gasteiger partial charge in [-0.25, -0.2) is 14.4 Å². The number of nitrogens with zero attached hydrogens (tertiary/aromatic N) is 2. The Morgan fingerprint density at radius 2 is 2.06 bits per heavy atom. The molecule has 0 bridgehead atoms. The number of benzene rings is 1. The van der Waals surface area contributed by atoms with Gasteiger partial charge < -0.3 is 0 Å². The number of amides is 1. The molecule has 2 aromatic rings. The third kappa shape index (κ3) is 2.94. The topological polar surface area (TPSA) is 54.9 Å². The smallest absolute Gasteiger partial charge is 0.259 e. The van der Waals surface area contributed by atoms with Crippen LogP contribution in [0.5, 0.6) is 0 Å². The van der Waals surface area contributed by atoms with E-state index in [0.717, 1.165) is 12.1 Å². The summed E-state index contributed by atoms with van der Waals surface area (Å²) in [7, 11) is 0. The highest BCUT2D eigenvalue weighted by Crippen LogP contribution is 2.18. The number of anilines is 1. The van der Waals surface area contributed by atoms with Crippen LogP contribution in [0.1, 0.15) is 10.4 Å². The van der Waals surface area contributed by atoms with Gasteiger partial charge in [-0.2, -0.15) is 0 Å². The summed E-state index contributed by atoms with van der Waals surface area (Å²) in [5.74, 6) is -1.01. The number of hydrogen-bond acceptors (Lipinski definition) is 3. The van der Waals surface area contributed by atoms with Crippen LogP contribution in [-0.4, -0.2) is 15.9 Å². The van der Waals surface area contributed by atoms with Gasteiger partial charge in [-0.05, 0) is 24.3 Å². The summed E-state index contributed by atoms with van der Waals surface area (Å²) in [5, 5.41) is 2.62. The Kier molecular flexibility index (Phi) is 3.74. The minimum absolute atomic E-state index is 0.00882. The normalized spacial score (nSPS) is 10.2. The highest BCUT2D eigenvalue weighted by molar-refractivity contribution is 6.34. The first kappa shape index (κ1) is 12.7. The number of carbonyl (C=O) groups excluding carboxylic acids is 1. The quantitative estimate of drug-likeness (QED) is 0.863. The number of rotatable bonds is 2. The van der Waals surface area contributed by atoms with Gasteiger partial charge in [0, 0.05) is 6.20 Å². The molecule has 0 saturated carbocycles. The SMILES string of the molecule is O=C(Nc1nccc(Cl)n1)c1ccc(F)cc1Cl. The zero-order valence-corrected chi connectivity index (χ0v) is 10.3. The van der Waals surface area contributed by atoms with Gasteiger partial charge in [-0.15, -0.1) is 0 Å². The molecule has 2 rings (SSSR count). The molecular formula is C11H6Cl2FN3O. The number of carbonyl (C=O) groups is 1. The Labute approximate surface area is 112 Å². The summed E-state index contributed by atoms with van der Waals surface area (Å²) < 4.78 is 12.8. The fraction of sp³-hybridized carbons (Fsp3) is 0. The molecule has 0 aliphatic heterocycles. The van der Waals surface area contributed by atoms with E-state index in [2.05, 4.69) is 15.3 Å². The van der Waals surface area contributed by atoms with E-state index in [1.54, 1.807) is 0 Å². The lowest BCUT2D eigenvalue weighted by molar-refractivity contribution is 0.102. The number of halogens is 3. The maximum Gasteiger partial charge on any atom is 0.259 e. The fourth-order valence-corrected chi connectivity index (χ4v) is 1.63. The predicted molar refractivity (Wildman–Crippen MR) is 66.4 cm³/mol. The molecule has 0 aliphatic rings. The zero-order chi connectivity index (χ0) is 13.1. The van der Waals surface area contributed by atoms with Gasteiger partial charge in [0.25, 0.3) is 5.91 Å². The van der Waals surface area contributed by atoms with Gasteiger partial charge in [-0.1, -0.05) is 23.2 Å². The first-order valence-electron chi connectivity index (χ1n) is 4.81. The minimum Gasteiger partial charge on any atom is -0.290 e. The van der Waals surface area contributed by atoms with E-state index in [1.807, 2.05) is 0 Å². The van der Waals surface area contributed by atoms with Crippen LogP contribution >= 0.6 is 23.2 Å². The van der Waals surface area contributed by atoms with Crippen LogP contribution in [0.15, 0.2) is 30.5 Å². The van der Waals surface area contributed by atoms with Crippen molar-refractivity contribution in [3.8, 4) is 0 Å². The van der Waals surface area contributed by atoms with Gasteiger partial charge in [0.05, 0.1) is 10.6 Å². The molecule has 7 heteroatoms. The molecule has 18 heavy (non-hydrogen) atoms. The maximum atomic E-state index is 12.8. The number of aromatic nitrogens is 2. The minimum atomic E-state index is -0.540. The van der Waals surface area contributed by atoms with E-state index in [9.17, 15) is 9.18 Å². The van der Waals surface area contributed by atoms with E-state index >= 15 is 0 Å². The lowest BCUT2D eigenvalue weighted by Crippen LogP contribution is -2.14. The van der Waals surface area contributed by atoms with Crippen molar-refractivity contribution in [2.75, 3.05) is 5.32 Å². The average Bonchev–Trinajstić information content (AvgIpc) is 2.28.